The highest BCUT2D eigenvalue weighted by atomic mass is 35.5. The van der Waals surface area contributed by atoms with Crippen LogP contribution >= 0.6 is 11.6 Å². The van der Waals surface area contributed by atoms with E-state index >= 15 is 0 Å². The van der Waals surface area contributed by atoms with Crippen molar-refractivity contribution < 1.29 is 9.59 Å². The van der Waals surface area contributed by atoms with E-state index in [0.717, 1.165) is 36.1 Å². The summed E-state index contributed by atoms with van der Waals surface area (Å²) in [5.74, 6) is -0.220. The van der Waals surface area contributed by atoms with Crippen LogP contribution in [0.4, 0.5) is 5.69 Å². The number of halogens is 1. The minimum Gasteiger partial charge on any atom is -0.325 e. The summed E-state index contributed by atoms with van der Waals surface area (Å²) in [6.07, 6.45) is 5.77. The molecular weight excluding hydrogens is 398 g/mol. The monoisotopic (exact) mass is 419 g/mol. The predicted molar refractivity (Wildman–Crippen MR) is 119 cm³/mol. The Bertz CT molecular complexity index is 1160. The van der Waals surface area contributed by atoms with Gasteiger partial charge < -0.3 is 10.2 Å². The first-order valence-corrected chi connectivity index (χ1v) is 10.8. The molecule has 0 saturated carbocycles. The molecule has 6 heteroatoms. The zero-order valence-electron chi connectivity index (χ0n) is 16.6. The van der Waals surface area contributed by atoms with Gasteiger partial charge in [0.1, 0.15) is 0 Å². The Hall–Kier alpha value is -2.76. The Morgan fingerprint density at radius 3 is 2.77 bits per heavy atom. The van der Waals surface area contributed by atoms with Gasteiger partial charge in [0, 0.05) is 40.7 Å². The standard InChI is InChI=1S/C24H22ClN3O2/c25-16-13-18-22(19(14-16)27-20(29)8-12-28-10-2-1-3-11-28)24(30)17-6-4-5-15-7-9-26-23(18)21(15)17/h4-7,9,13-14H,1-3,8,10-12H2,(H,27,29). The van der Waals surface area contributed by atoms with Crippen molar-refractivity contribution in [3.63, 3.8) is 0 Å². The van der Waals surface area contributed by atoms with E-state index in [-0.39, 0.29) is 11.7 Å². The Morgan fingerprint density at radius 1 is 1.10 bits per heavy atom. The molecule has 152 valence electrons. The number of fused-ring (bicyclic) bond motifs is 2. The number of amides is 1. The number of rotatable bonds is 4. The third-order valence-electron chi connectivity index (χ3n) is 6.00. The van der Waals surface area contributed by atoms with Crippen LogP contribution in [0.3, 0.4) is 0 Å². The van der Waals surface area contributed by atoms with Gasteiger partial charge in [-0.25, -0.2) is 0 Å². The van der Waals surface area contributed by atoms with Gasteiger partial charge in [-0.1, -0.05) is 36.2 Å². The number of carbonyl (C=O) groups is 2. The smallest absolute Gasteiger partial charge is 0.225 e. The SMILES string of the molecule is O=C(CCN1CCCCC1)Nc1cc(Cl)cc2c1C(=O)c1cccc3ccnc-2c13. The highest BCUT2D eigenvalue weighted by Gasteiger charge is 2.29. The van der Waals surface area contributed by atoms with Crippen molar-refractivity contribution in [1.29, 1.82) is 0 Å². The summed E-state index contributed by atoms with van der Waals surface area (Å²) in [6, 6.07) is 11.0. The van der Waals surface area contributed by atoms with Gasteiger partial charge in [-0.2, -0.15) is 0 Å². The molecule has 1 N–H and O–H groups in total. The number of likely N-dealkylation sites (tertiary alicyclic amines) is 1. The number of hydrogen-bond donors (Lipinski definition) is 1. The Balaban J connectivity index is 1.49. The van der Waals surface area contributed by atoms with Gasteiger partial charge in [0.05, 0.1) is 16.9 Å². The Kier molecular flexibility index (Phi) is 5.01. The molecule has 0 bridgehead atoms. The van der Waals surface area contributed by atoms with E-state index in [4.69, 9.17) is 11.6 Å². The number of pyridine rings is 1. The number of nitrogens with zero attached hydrogens (tertiary/aromatic N) is 2. The molecule has 2 aromatic carbocycles. The predicted octanol–water partition coefficient (Wildman–Crippen LogP) is 4.91. The zero-order chi connectivity index (χ0) is 20.7. The molecule has 0 atom stereocenters. The third kappa shape index (κ3) is 3.38. The zero-order valence-corrected chi connectivity index (χ0v) is 17.3. The second-order valence-corrected chi connectivity index (χ2v) is 8.41. The lowest BCUT2D eigenvalue weighted by atomic mass is 9.85. The van der Waals surface area contributed by atoms with E-state index in [1.165, 1.54) is 19.3 Å². The van der Waals surface area contributed by atoms with E-state index in [0.29, 0.717) is 33.8 Å². The number of carbonyl (C=O) groups excluding carboxylic acids is 2. The van der Waals surface area contributed by atoms with Crippen molar-refractivity contribution in [2.45, 2.75) is 25.7 Å². The van der Waals surface area contributed by atoms with Crippen LogP contribution in [-0.4, -0.2) is 41.2 Å². The number of anilines is 1. The number of hydrogen-bond acceptors (Lipinski definition) is 4. The van der Waals surface area contributed by atoms with Crippen molar-refractivity contribution in [3.8, 4) is 11.3 Å². The molecule has 1 fully saturated rings. The molecule has 5 nitrogen and oxygen atoms in total. The second kappa shape index (κ2) is 7.82. The van der Waals surface area contributed by atoms with Crippen LogP contribution in [-0.2, 0) is 4.79 Å². The van der Waals surface area contributed by atoms with Gasteiger partial charge in [0.15, 0.2) is 5.78 Å². The maximum atomic E-state index is 13.4. The average Bonchev–Trinajstić information content (AvgIpc) is 2.76. The van der Waals surface area contributed by atoms with E-state index in [9.17, 15) is 9.59 Å². The van der Waals surface area contributed by atoms with Crippen molar-refractivity contribution in [2.75, 3.05) is 25.0 Å². The topological polar surface area (TPSA) is 62.3 Å². The van der Waals surface area contributed by atoms with Gasteiger partial charge in [-0.3, -0.25) is 14.6 Å². The van der Waals surface area contributed by atoms with E-state index in [1.807, 2.05) is 24.3 Å². The maximum Gasteiger partial charge on any atom is 0.225 e. The molecule has 0 unspecified atom stereocenters. The van der Waals surface area contributed by atoms with E-state index in [1.54, 1.807) is 18.3 Å². The molecule has 2 aliphatic rings. The van der Waals surface area contributed by atoms with Gasteiger partial charge in [-0.15, -0.1) is 0 Å². The molecule has 3 aromatic rings. The van der Waals surface area contributed by atoms with E-state index in [2.05, 4.69) is 15.2 Å². The molecular formula is C24H22ClN3O2. The number of piperidine rings is 1. The highest BCUT2D eigenvalue weighted by Crippen LogP contribution is 2.42. The third-order valence-corrected chi connectivity index (χ3v) is 6.22. The first kappa shape index (κ1) is 19.2. The van der Waals surface area contributed by atoms with Crippen LogP contribution in [0.2, 0.25) is 5.02 Å². The lowest BCUT2D eigenvalue weighted by molar-refractivity contribution is -0.116. The summed E-state index contributed by atoms with van der Waals surface area (Å²) in [6.45, 7) is 2.82. The lowest BCUT2D eigenvalue weighted by Gasteiger charge is -2.26. The largest absolute Gasteiger partial charge is 0.325 e. The molecule has 1 aliphatic carbocycles. The molecule has 1 aliphatic heterocycles. The van der Waals surface area contributed by atoms with E-state index < -0.39 is 0 Å². The van der Waals surface area contributed by atoms with Crippen molar-refractivity contribution in [3.05, 3.63) is 58.7 Å². The second-order valence-electron chi connectivity index (χ2n) is 7.97. The molecule has 1 amide bonds. The summed E-state index contributed by atoms with van der Waals surface area (Å²) >= 11 is 6.38. The van der Waals surface area contributed by atoms with Gasteiger partial charge >= 0.3 is 0 Å². The lowest BCUT2D eigenvalue weighted by Crippen LogP contribution is -2.32. The first-order valence-electron chi connectivity index (χ1n) is 10.4. The number of aromatic nitrogens is 1. The molecule has 5 rings (SSSR count). The summed E-state index contributed by atoms with van der Waals surface area (Å²) in [5.41, 5.74) is 2.92. The molecule has 1 aromatic heterocycles. The Morgan fingerprint density at radius 2 is 1.93 bits per heavy atom. The van der Waals surface area contributed by atoms with Crippen LogP contribution in [0.1, 0.15) is 41.6 Å². The normalized spacial score (nSPS) is 15.8. The minimum absolute atomic E-state index is 0.108. The van der Waals surface area contributed by atoms with Crippen molar-refractivity contribution >= 4 is 39.8 Å². The molecule has 30 heavy (non-hydrogen) atoms. The van der Waals surface area contributed by atoms with Gasteiger partial charge in [0.2, 0.25) is 5.91 Å². The van der Waals surface area contributed by atoms with Crippen LogP contribution < -0.4 is 5.32 Å². The van der Waals surface area contributed by atoms with Crippen molar-refractivity contribution in [2.24, 2.45) is 0 Å². The summed E-state index contributed by atoms with van der Waals surface area (Å²) < 4.78 is 0. The fraction of sp³-hybridized carbons (Fsp3) is 0.292. The molecule has 1 saturated heterocycles. The van der Waals surface area contributed by atoms with Crippen LogP contribution in [0, 0.1) is 0 Å². The summed E-state index contributed by atoms with van der Waals surface area (Å²) in [5, 5.41) is 5.21. The number of ketones is 1. The molecule has 2 heterocycles. The summed E-state index contributed by atoms with van der Waals surface area (Å²) in [4.78, 5) is 32.9. The maximum absolute atomic E-state index is 13.4. The minimum atomic E-state index is -0.112. The van der Waals surface area contributed by atoms with Gasteiger partial charge in [0.25, 0.3) is 0 Å². The average molecular weight is 420 g/mol. The number of nitrogens with one attached hydrogen (secondary N) is 1. The first-order chi connectivity index (χ1) is 14.6. The quantitative estimate of drug-likeness (QED) is 0.510. The van der Waals surface area contributed by atoms with Crippen LogP contribution in [0.25, 0.3) is 22.0 Å². The van der Waals surface area contributed by atoms with Crippen LogP contribution in [0.5, 0.6) is 0 Å². The van der Waals surface area contributed by atoms with Crippen LogP contribution in [0.15, 0.2) is 42.6 Å². The molecule has 0 radical (unpaired) electrons. The summed E-state index contributed by atoms with van der Waals surface area (Å²) in [7, 11) is 0. The van der Waals surface area contributed by atoms with Gasteiger partial charge in [-0.05, 0) is 49.5 Å². The Labute approximate surface area is 180 Å². The van der Waals surface area contributed by atoms with Crippen molar-refractivity contribution in [1.82, 2.24) is 9.88 Å². The fourth-order valence-electron chi connectivity index (χ4n) is 4.55. The fourth-order valence-corrected chi connectivity index (χ4v) is 4.77. The highest BCUT2D eigenvalue weighted by molar-refractivity contribution is 6.33. The number of benzene rings is 2. The molecule has 0 spiro atoms.